The van der Waals surface area contributed by atoms with E-state index in [0.29, 0.717) is 5.65 Å². The van der Waals surface area contributed by atoms with Crippen LogP contribution >= 0.6 is 11.5 Å². The molecule has 0 saturated carbocycles. The molecule has 0 aromatic carbocycles. The van der Waals surface area contributed by atoms with E-state index in [1.807, 2.05) is 0 Å². The van der Waals surface area contributed by atoms with Crippen LogP contribution in [-0.4, -0.2) is 55.6 Å². The lowest BCUT2D eigenvalue weighted by atomic mass is 10.1. The van der Waals surface area contributed by atoms with Gasteiger partial charge < -0.3 is 9.64 Å². The van der Waals surface area contributed by atoms with Gasteiger partial charge in [0.25, 0.3) is 5.91 Å². The Kier molecular flexibility index (Phi) is 4.60. The molecule has 1 aliphatic rings. The number of likely N-dealkylation sites (tertiary alicyclic amines) is 1. The summed E-state index contributed by atoms with van der Waals surface area (Å²) < 4.78 is 10.1. The van der Waals surface area contributed by atoms with E-state index in [9.17, 15) is 9.59 Å². The molecular weight excluding hydrogens is 320 g/mol. The van der Waals surface area contributed by atoms with E-state index >= 15 is 0 Å². The number of rotatable bonds is 2. The summed E-state index contributed by atoms with van der Waals surface area (Å²) >= 11 is 0.926. The molecule has 0 spiro atoms. The number of hydrogen-bond donors (Lipinski definition) is 0. The van der Waals surface area contributed by atoms with E-state index in [2.05, 4.69) is 19.6 Å². The molecule has 0 aliphatic carbocycles. The highest BCUT2D eigenvalue weighted by Gasteiger charge is 2.23. The van der Waals surface area contributed by atoms with E-state index in [4.69, 9.17) is 4.74 Å². The summed E-state index contributed by atoms with van der Waals surface area (Å²) in [6, 6.07) is 0. The van der Waals surface area contributed by atoms with Crippen LogP contribution in [-0.2, 0) is 4.74 Å². The van der Waals surface area contributed by atoms with Gasteiger partial charge in [0.15, 0.2) is 11.3 Å². The highest BCUT2D eigenvalue weighted by Crippen LogP contribution is 2.14. The molecule has 3 heterocycles. The number of piperidine rings is 1. The number of imidazole rings is 1. The van der Waals surface area contributed by atoms with Gasteiger partial charge in [0.1, 0.15) is 6.33 Å². The van der Waals surface area contributed by atoms with Crippen LogP contribution in [0, 0.1) is 0 Å². The molecule has 0 unspecified atom stereocenters. The third-order valence-corrected chi connectivity index (χ3v) is 4.12. The van der Waals surface area contributed by atoms with E-state index in [1.165, 1.54) is 10.7 Å². The molecule has 0 bridgehead atoms. The van der Waals surface area contributed by atoms with Gasteiger partial charge in [-0.3, -0.25) is 9.20 Å². The normalized spacial score (nSPS) is 15.9. The lowest BCUT2D eigenvalue weighted by Gasteiger charge is -2.25. The monoisotopic (exact) mass is 336 g/mol. The Bertz CT molecular complexity index is 792. The van der Waals surface area contributed by atoms with Gasteiger partial charge in [-0.05, 0) is 26.2 Å². The summed E-state index contributed by atoms with van der Waals surface area (Å²) in [7, 11) is 0. The Morgan fingerprint density at radius 2 is 2.13 bits per heavy atom. The second kappa shape index (κ2) is 6.82. The van der Waals surface area contributed by atoms with Crippen molar-refractivity contribution in [1.29, 1.82) is 0 Å². The Hall–Kier alpha value is -2.36. The fourth-order valence-corrected chi connectivity index (χ4v) is 2.95. The second-order valence-electron chi connectivity index (χ2n) is 5.01. The van der Waals surface area contributed by atoms with Gasteiger partial charge in [0.05, 0.1) is 6.61 Å². The number of fused-ring (bicyclic) bond motifs is 1. The molecule has 0 radical (unpaired) electrons. The third kappa shape index (κ3) is 3.21. The summed E-state index contributed by atoms with van der Waals surface area (Å²) in [5.41, 5.74) is 0.523. The maximum Gasteiger partial charge on any atom is 0.436 e. The zero-order valence-corrected chi connectivity index (χ0v) is 13.5. The molecule has 1 fully saturated rings. The molecule has 0 atom stereocenters. The van der Waals surface area contributed by atoms with Crippen molar-refractivity contribution in [2.24, 2.45) is 4.99 Å². The molecule has 2 aromatic rings. The SMILES string of the molecule is CCOC(=O)N=c1snnc2c(C(=O)N3CCCCC3)ncn12. The predicted molar refractivity (Wildman–Crippen MR) is 81.0 cm³/mol. The quantitative estimate of drug-likeness (QED) is 0.806. The fraction of sp³-hybridized carbons (Fsp3) is 0.538. The largest absolute Gasteiger partial charge is 0.448 e. The van der Waals surface area contributed by atoms with E-state index in [0.717, 1.165) is 43.9 Å². The molecular formula is C13H16N6O3S. The lowest BCUT2D eigenvalue weighted by Crippen LogP contribution is -2.36. The molecule has 1 saturated heterocycles. The van der Waals surface area contributed by atoms with Crippen molar-refractivity contribution < 1.29 is 14.3 Å². The molecule has 10 heteroatoms. The van der Waals surface area contributed by atoms with Gasteiger partial charge in [0.2, 0.25) is 4.80 Å². The smallest absolute Gasteiger partial charge is 0.436 e. The van der Waals surface area contributed by atoms with Gasteiger partial charge in [0, 0.05) is 24.6 Å². The molecule has 0 N–H and O–H groups in total. The van der Waals surface area contributed by atoms with Crippen LogP contribution in [0.3, 0.4) is 0 Å². The van der Waals surface area contributed by atoms with Gasteiger partial charge in [-0.15, -0.1) is 10.1 Å². The van der Waals surface area contributed by atoms with Crippen molar-refractivity contribution >= 4 is 29.2 Å². The number of aromatic nitrogens is 4. The molecule has 2 aromatic heterocycles. The summed E-state index contributed by atoms with van der Waals surface area (Å²) in [5.74, 6) is -0.167. The molecule has 23 heavy (non-hydrogen) atoms. The van der Waals surface area contributed by atoms with Crippen molar-refractivity contribution in [2.45, 2.75) is 26.2 Å². The minimum Gasteiger partial charge on any atom is -0.448 e. The van der Waals surface area contributed by atoms with Crippen LogP contribution in [0.2, 0.25) is 0 Å². The number of ether oxygens (including phenoxy) is 1. The first kappa shape index (κ1) is 15.5. The first-order valence-electron chi connectivity index (χ1n) is 7.41. The summed E-state index contributed by atoms with van der Waals surface area (Å²) in [4.78, 5) is 34.1. The zero-order chi connectivity index (χ0) is 16.2. The van der Waals surface area contributed by atoms with Crippen LogP contribution in [0.15, 0.2) is 11.3 Å². The van der Waals surface area contributed by atoms with Gasteiger partial charge >= 0.3 is 6.09 Å². The number of carbonyl (C=O) groups excluding carboxylic acids is 2. The van der Waals surface area contributed by atoms with Gasteiger partial charge in [-0.1, -0.05) is 4.49 Å². The zero-order valence-electron chi connectivity index (χ0n) is 12.6. The van der Waals surface area contributed by atoms with Crippen LogP contribution < -0.4 is 4.80 Å². The fourth-order valence-electron chi connectivity index (χ4n) is 2.42. The first-order valence-corrected chi connectivity index (χ1v) is 8.18. The molecule has 9 nitrogen and oxygen atoms in total. The standard InChI is InChI=1S/C13H16N6O3S/c1-2-22-13(21)15-12-19-8-14-9(10(19)16-17-23-12)11(20)18-6-4-3-5-7-18/h8H,2-7H2,1H3. The summed E-state index contributed by atoms with van der Waals surface area (Å²) in [5, 5.41) is 3.98. The molecule has 1 aliphatic heterocycles. The van der Waals surface area contributed by atoms with Crippen LogP contribution in [0.5, 0.6) is 0 Å². The molecule has 3 rings (SSSR count). The minimum atomic E-state index is -0.712. The number of hydrogen-bond acceptors (Lipinski definition) is 7. The van der Waals surface area contributed by atoms with Gasteiger partial charge in [-0.25, -0.2) is 9.78 Å². The number of nitrogens with zero attached hydrogens (tertiary/aromatic N) is 6. The average Bonchev–Trinajstić information content (AvgIpc) is 3.00. The Morgan fingerprint density at radius 3 is 2.87 bits per heavy atom. The van der Waals surface area contributed by atoms with Crippen LogP contribution in [0.25, 0.3) is 5.65 Å². The molecule has 122 valence electrons. The molecule has 2 amide bonds. The topological polar surface area (TPSA) is 102 Å². The van der Waals surface area contributed by atoms with E-state index in [1.54, 1.807) is 11.8 Å². The van der Waals surface area contributed by atoms with Crippen molar-refractivity contribution in [2.75, 3.05) is 19.7 Å². The van der Waals surface area contributed by atoms with Crippen molar-refractivity contribution in [1.82, 2.24) is 23.9 Å². The number of carbonyl (C=O) groups is 2. The van der Waals surface area contributed by atoms with Crippen molar-refractivity contribution in [3.63, 3.8) is 0 Å². The highest BCUT2D eigenvalue weighted by molar-refractivity contribution is 7.02. The lowest BCUT2D eigenvalue weighted by molar-refractivity contribution is 0.0720. The maximum absolute atomic E-state index is 12.6. The van der Waals surface area contributed by atoms with Crippen LogP contribution in [0.4, 0.5) is 4.79 Å². The minimum absolute atomic E-state index is 0.167. The average molecular weight is 336 g/mol. The summed E-state index contributed by atoms with van der Waals surface area (Å²) in [6.07, 6.45) is 3.84. The van der Waals surface area contributed by atoms with Crippen molar-refractivity contribution in [3.8, 4) is 0 Å². The van der Waals surface area contributed by atoms with E-state index < -0.39 is 6.09 Å². The Labute approximate surface area is 135 Å². The van der Waals surface area contributed by atoms with Crippen LogP contribution in [0.1, 0.15) is 36.7 Å². The van der Waals surface area contributed by atoms with E-state index in [-0.39, 0.29) is 23.0 Å². The third-order valence-electron chi connectivity index (χ3n) is 3.51. The van der Waals surface area contributed by atoms with Gasteiger partial charge in [-0.2, -0.15) is 0 Å². The summed E-state index contributed by atoms with van der Waals surface area (Å²) in [6.45, 7) is 3.38. The number of amides is 2. The predicted octanol–water partition coefficient (Wildman–Crippen LogP) is 0.869. The maximum atomic E-state index is 12.6. The highest BCUT2D eigenvalue weighted by atomic mass is 32.1. The first-order chi connectivity index (χ1) is 11.2. The Balaban J connectivity index is 1.98. The second-order valence-corrected chi connectivity index (χ2v) is 5.72. The Morgan fingerprint density at radius 1 is 1.35 bits per heavy atom. The van der Waals surface area contributed by atoms with Crippen molar-refractivity contribution in [3.05, 3.63) is 16.8 Å².